The average molecular weight is 241 g/mol. The Morgan fingerprint density at radius 1 is 1.17 bits per heavy atom. The van der Waals surface area contributed by atoms with Gasteiger partial charge in [-0.1, -0.05) is 30.3 Å². The van der Waals surface area contributed by atoms with Crippen molar-refractivity contribution in [1.29, 1.82) is 5.26 Å². The lowest BCUT2D eigenvalue weighted by Gasteiger charge is -2.38. The van der Waals surface area contributed by atoms with Crippen molar-refractivity contribution >= 4 is 0 Å². The van der Waals surface area contributed by atoms with Crippen molar-refractivity contribution in [3.05, 3.63) is 35.9 Å². The van der Waals surface area contributed by atoms with Crippen LogP contribution in [0.15, 0.2) is 30.3 Å². The molecule has 1 aromatic rings. The van der Waals surface area contributed by atoms with Gasteiger partial charge >= 0.3 is 0 Å². The van der Waals surface area contributed by atoms with Crippen LogP contribution in [-0.2, 0) is 6.54 Å². The van der Waals surface area contributed by atoms with Crippen LogP contribution in [0, 0.1) is 11.3 Å². The Morgan fingerprint density at radius 3 is 2.78 bits per heavy atom. The van der Waals surface area contributed by atoms with Crippen molar-refractivity contribution < 1.29 is 0 Å². The molecule has 2 fully saturated rings. The first-order chi connectivity index (χ1) is 8.86. The first-order valence-corrected chi connectivity index (χ1v) is 6.78. The monoisotopic (exact) mass is 241 g/mol. The maximum atomic E-state index is 9.10. The molecule has 18 heavy (non-hydrogen) atoms. The molecule has 1 aromatic carbocycles. The summed E-state index contributed by atoms with van der Waals surface area (Å²) in [5, 5.41) is 9.10. The first kappa shape index (κ1) is 11.7. The molecule has 0 amide bonds. The van der Waals surface area contributed by atoms with Gasteiger partial charge in [0.25, 0.3) is 0 Å². The van der Waals surface area contributed by atoms with Crippen molar-refractivity contribution in [3.8, 4) is 6.07 Å². The second kappa shape index (κ2) is 5.09. The van der Waals surface area contributed by atoms with Crippen LogP contribution in [0.3, 0.4) is 0 Å². The van der Waals surface area contributed by atoms with E-state index in [1.165, 1.54) is 12.0 Å². The first-order valence-electron chi connectivity index (χ1n) is 6.78. The third-order valence-electron chi connectivity index (χ3n) is 4.18. The van der Waals surface area contributed by atoms with Gasteiger partial charge in [0, 0.05) is 32.2 Å². The molecule has 2 heterocycles. The summed E-state index contributed by atoms with van der Waals surface area (Å²) in [4.78, 5) is 4.93. The summed E-state index contributed by atoms with van der Waals surface area (Å²) in [5.41, 5.74) is 1.39. The molecule has 2 atom stereocenters. The number of benzene rings is 1. The molecule has 0 aromatic heterocycles. The zero-order valence-electron chi connectivity index (χ0n) is 10.6. The summed E-state index contributed by atoms with van der Waals surface area (Å²) >= 11 is 0. The highest BCUT2D eigenvalue weighted by Gasteiger charge is 2.37. The smallest absolute Gasteiger partial charge is 0.0981 e. The molecule has 0 bridgehead atoms. The van der Waals surface area contributed by atoms with Crippen molar-refractivity contribution in [1.82, 2.24) is 9.80 Å². The van der Waals surface area contributed by atoms with Crippen molar-refractivity contribution in [2.24, 2.45) is 0 Å². The summed E-state index contributed by atoms with van der Waals surface area (Å²) in [6, 6.07) is 13.9. The third-order valence-corrected chi connectivity index (χ3v) is 4.18. The molecule has 3 nitrogen and oxygen atoms in total. The molecule has 2 saturated heterocycles. The van der Waals surface area contributed by atoms with Gasteiger partial charge in [0.15, 0.2) is 0 Å². The fourth-order valence-electron chi connectivity index (χ4n) is 3.24. The molecule has 3 heteroatoms. The second-order valence-corrected chi connectivity index (χ2v) is 5.33. The Morgan fingerprint density at radius 2 is 2.00 bits per heavy atom. The number of rotatable bonds is 2. The summed E-state index contributed by atoms with van der Waals surface area (Å²) in [6.45, 7) is 4.30. The lowest BCUT2D eigenvalue weighted by atomic mass is 10.1. The van der Waals surface area contributed by atoms with Crippen LogP contribution in [-0.4, -0.2) is 41.5 Å². The molecule has 2 unspecified atom stereocenters. The molecule has 94 valence electrons. The zero-order chi connectivity index (χ0) is 12.4. The Kier molecular flexibility index (Phi) is 3.31. The quantitative estimate of drug-likeness (QED) is 0.791. The summed E-state index contributed by atoms with van der Waals surface area (Å²) in [5.74, 6) is 0. The molecule has 2 aliphatic heterocycles. The number of nitriles is 1. The highest BCUT2D eigenvalue weighted by Crippen LogP contribution is 2.27. The number of hydrogen-bond acceptors (Lipinski definition) is 3. The highest BCUT2D eigenvalue weighted by molar-refractivity contribution is 5.15. The lowest BCUT2D eigenvalue weighted by Crippen LogP contribution is -2.51. The van der Waals surface area contributed by atoms with E-state index in [1.807, 2.05) is 0 Å². The van der Waals surface area contributed by atoms with Crippen LogP contribution in [0.5, 0.6) is 0 Å². The maximum Gasteiger partial charge on any atom is 0.0981 e. The van der Waals surface area contributed by atoms with Crippen molar-refractivity contribution in [2.75, 3.05) is 19.6 Å². The van der Waals surface area contributed by atoms with E-state index in [0.29, 0.717) is 6.04 Å². The molecule has 2 aliphatic rings. The summed E-state index contributed by atoms with van der Waals surface area (Å²) < 4.78 is 0. The van der Waals surface area contributed by atoms with E-state index in [2.05, 4.69) is 46.2 Å². The average Bonchev–Trinajstić information content (AvgIpc) is 2.82. The lowest BCUT2D eigenvalue weighted by molar-refractivity contribution is 0.0863. The SMILES string of the molecule is N#CC1CCC2CN(Cc3ccccc3)CCN12. The largest absolute Gasteiger partial charge is 0.296 e. The number of nitrogens with zero attached hydrogens (tertiary/aromatic N) is 3. The Bertz CT molecular complexity index is 437. The van der Waals surface area contributed by atoms with Crippen molar-refractivity contribution in [2.45, 2.75) is 31.5 Å². The van der Waals surface area contributed by atoms with Crippen molar-refractivity contribution in [3.63, 3.8) is 0 Å². The fraction of sp³-hybridized carbons (Fsp3) is 0.533. The Balaban J connectivity index is 1.61. The van der Waals surface area contributed by atoms with E-state index < -0.39 is 0 Å². The number of fused-ring (bicyclic) bond motifs is 1. The van der Waals surface area contributed by atoms with Crippen LogP contribution in [0.1, 0.15) is 18.4 Å². The van der Waals surface area contributed by atoms with Gasteiger partial charge in [0.05, 0.1) is 12.1 Å². The Labute approximate surface area is 109 Å². The fourth-order valence-corrected chi connectivity index (χ4v) is 3.24. The maximum absolute atomic E-state index is 9.10. The molecular weight excluding hydrogens is 222 g/mol. The zero-order valence-corrected chi connectivity index (χ0v) is 10.6. The number of hydrogen-bond donors (Lipinski definition) is 0. The van der Waals surface area contributed by atoms with Gasteiger partial charge in [0.2, 0.25) is 0 Å². The molecule has 0 aliphatic carbocycles. The second-order valence-electron chi connectivity index (χ2n) is 5.33. The molecule has 0 radical (unpaired) electrons. The van der Waals surface area contributed by atoms with Crippen LogP contribution in [0.25, 0.3) is 0 Å². The minimum Gasteiger partial charge on any atom is -0.296 e. The third kappa shape index (κ3) is 2.27. The predicted octanol–water partition coefficient (Wildman–Crippen LogP) is 1.86. The standard InChI is InChI=1S/C15H19N3/c16-10-14-6-7-15-12-17(8-9-18(14)15)11-13-4-2-1-3-5-13/h1-5,14-15H,6-9,11-12H2. The van der Waals surface area contributed by atoms with E-state index >= 15 is 0 Å². The van der Waals surface area contributed by atoms with E-state index in [0.717, 1.165) is 32.6 Å². The van der Waals surface area contributed by atoms with Crippen LogP contribution >= 0.6 is 0 Å². The Hall–Kier alpha value is -1.37. The minimum atomic E-state index is 0.175. The summed E-state index contributed by atoms with van der Waals surface area (Å²) in [7, 11) is 0. The van der Waals surface area contributed by atoms with Gasteiger partial charge in [-0.05, 0) is 18.4 Å². The van der Waals surface area contributed by atoms with Gasteiger partial charge in [-0.3, -0.25) is 9.80 Å². The predicted molar refractivity (Wildman–Crippen MR) is 70.8 cm³/mol. The number of piperazine rings is 1. The van der Waals surface area contributed by atoms with E-state index in [4.69, 9.17) is 5.26 Å². The van der Waals surface area contributed by atoms with Gasteiger partial charge in [-0.25, -0.2) is 0 Å². The van der Waals surface area contributed by atoms with E-state index in [9.17, 15) is 0 Å². The summed E-state index contributed by atoms with van der Waals surface area (Å²) in [6.07, 6.45) is 2.24. The normalized spacial score (nSPS) is 28.8. The minimum absolute atomic E-state index is 0.175. The van der Waals surface area contributed by atoms with Gasteiger partial charge in [-0.2, -0.15) is 5.26 Å². The molecule has 0 saturated carbocycles. The van der Waals surface area contributed by atoms with Gasteiger partial charge < -0.3 is 0 Å². The van der Waals surface area contributed by atoms with Crippen LogP contribution in [0.4, 0.5) is 0 Å². The molecule has 0 spiro atoms. The molecule has 3 rings (SSSR count). The van der Waals surface area contributed by atoms with Gasteiger partial charge in [-0.15, -0.1) is 0 Å². The molecule has 0 N–H and O–H groups in total. The van der Waals surface area contributed by atoms with Crippen LogP contribution in [0.2, 0.25) is 0 Å². The highest BCUT2D eigenvalue weighted by atomic mass is 15.3. The van der Waals surface area contributed by atoms with E-state index in [-0.39, 0.29) is 6.04 Å². The van der Waals surface area contributed by atoms with Gasteiger partial charge in [0.1, 0.15) is 0 Å². The van der Waals surface area contributed by atoms with E-state index in [1.54, 1.807) is 0 Å². The topological polar surface area (TPSA) is 30.3 Å². The van der Waals surface area contributed by atoms with Crippen LogP contribution < -0.4 is 0 Å². The molecular formula is C15H19N3.